The van der Waals surface area contributed by atoms with Crippen LogP contribution in [0, 0.1) is 0 Å². The van der Waals surface area contributed by atoms with Gasteiger partial charge in [0.15, 0.2) is 5.03 Å². The van der Waals surface area contributed by atoms with E-state index in [2.05, 4.69) is 9.71 Å². The molecular formula is C9H15N3O3S. The minimum Gasteiger partial charge on any atom is -0.390 e. The van der Waals surface area contributed by atoms with Crippen molar-refractivity contribution < 1.29 is 13.5 Å². The van der Waals surface area contributed by atoms with E-state index in [1.54, 1.807) is 18.5 Å². The van der Waals surface area contributed by atoms with Gasteiger partial charge in [-0.15, -0.1) is 0 Å². The van der Waals surface area contributed by atoms with Crippen LogP contribution in [0.2, 0.25) is 0 Å². The molecular weight excluding hydrogens is 230 g/mol. The van der Waals surface area contributed by atoms with Crippen LogP contribution in [0.15, 0.2) is 17.6 Å². The Balaban J connectivity index is 2.05. The Labute approximate surface area is 94.4 Å². The summed E-state index contributed by atoms with van der Waals surface area (Å²) in [4.78, 5) is 3.79. The zero-order chi connectivity index (χ0) is 12.0. The number of aromatic nitrogens is 2. The number of nitrogens with one attached hydrogen (secondary N) is 1. The first-order valence-corrected chi connectivity index (χ1v) is 6.49. The Hall–Kier alpha value is -0.920. The Kier molecular flexibility index (Phi) is 2.56. The van der Waals surface area contributed by atoms with Gasteiger partial charge >= 0.3 is 0 Å². The van der Waals surface area contributed by atoms with E-state index in [0.717, 1.165) is 0 Å². The predicted octanol–water partition coefficient (Wildman–Crippen LogP) is -0.388. The van der Waals surface area contributed by atoms with E-state index in [1.165, 1.54) is 12.5 Å². The second kappa shape index (κ2) is 3.54. The Morgan fingerprint density at radius 2 is 2.25 bits per heavy atom. The minimum atomic E-state index is -3.54. The molecule has 6 nitrogen and oxygen atoms in total. The number of imidazole rings is 1. The van der Waals surface area contributed by atoms with Gasteiger partial charge < -0.3 is 9.67 Å². The summed E-state index contributed by atoms with van der Waals surface area (Å²) < 4.78 is 27.7. The maximum Gasteiger partial charge on any atom is 0.259 e. The van der Waals surface area contributed by atoms with E-state index in [9.17, 15) is 13.5 Å². The maximum atomic E-state index is 11.8. The van der Waals surface area contributed by atoms with Crippen LogP contribution in [-0.2, 0) is 17.1 Å². The number of sulfonamides is 1. The van der Waals surface area contributed by atoms with E-state index in [1.807, 2.05) is 0 Å². The number of rotatable bonds is 3. The van der Waals surface area contributed by atoms with Crippen molar-refractivity contribution in [2.45, 2.75) is 36.4 Å². The molecule has 1 aromatic rings. The second-order valence-electron chi connectivity index (χ2n) is 4.60. The molecule has 0 amide bonds. The third kappa shape index (κ3) is 2.26. The van der Waals surface area contributed by atoms with Gasteiger partial charge in [-0.05, 0) is 19.8 Å². The molecule has 1 aromatic heterocycles. The van der Waals surface area contributed by atoms with Gasteiger partial charge in [-0.2, -0.15) is 0 Å². The highest BCUT2D eigenvalue weighted by atomic mass is 32.2. The van der Waals surface area contributed by atoms with Crippen LogP contribution < -0.4 is 4.72 Å². The van der Waals surface area contributed by atoms with Crippen LogP contribution >= 0.6 is 0 Å². The molecule has 0 atom stereocenters. The van der Waals surface area contributed by atoms with Crippen molar-refractivity contribution >= 4 is 10.0 Å². The summed E-state index contributed by atoms with van der Waals surface area (Å²) in [6, 6.07) is -0.193. The lowest BCUT2D eigenvalue weighted by Gasteiger charge is -2.40. The van der Waals surface area contributed by atoms with Crippen molar-refractivity contribution in [3.8, 4) is 0 Å². The van der Waals surface area contributed by atoms with Crippen molar-refractivity contribution in [3.05, 3.63) is 12.5 Å². The summed E-state index contributed by atoms with van der Waals surface area (Å²) >= 11 is 0. The molecule has 0 spiro atoms. The van der Waals surface area contributed by atoms with Gasteiger partial charge in [0.2, 0.25) is 0 Å². The van der Waals surface area contributed by atoms with Crippen molar-refractivity contribution in [1.82, 2.24) is 14.3 Å². The van der Waals surface area contributed by atoms with Gasteiger partial charge in [0, 0.05) is 19.3 Å². The topological polar surface area (TPSA) is 84.2 Å². The van der Waals surface area contributed by atoms with Gasteiger partial charge in [-0.25, -0.2) is 18.1 Å². The molecule has 0 saturated heterocycles. The molecule has 1 fully saturated rings. The third-order valence-corrected chi connectivity index (χ3v) is 4.06. The molecule has 2 N–H and O–H groups in total. The average Bonchev–Trinajstić information content (AvgIpc) is 2.48. The van der Waals surface area contributed by atoms with Crippen LogP contribution in [-0.4, -0.2) is 34.7 Å². The molecule has 0 aliphatic heterocycles. The SMILES string of the molecule is Cn1cnc(S(=O)(=O)NC2CC(C)(O)C2)c1. The molecule has 90 valence electrons. The van der Waals surface area contributed by atoms with Gasteiger partial charge in [0.05, 0.1) is 11.9 Å². The van der Waals surface area contributed by atoms with Crippen LogP contribution in [0.5, 0.6) is 0 Å². The molecule has 0 aromatic carbocycles. The highest BCUT2D eigenvalue weighted by molar-refractivity contribution is 7.89. The molecule has 1 aliphatic rings. The second-order valence-corrected chi connectivity index (χ2v) is 6.26. The highest BCUT2D eigenvalue weighted by Gasteiger charge is 2.40. The standard InChI is InChI=1S/C9H15N3O3S/c1-9(13)3-7(4-9)11-16(14,15)8-5-12(2)6-10-8/h5-7,11,13H,3-4H2,1-2H3. The van der Waals surface area contributed by atoms with E-state index in [-0.39, 0.29) is 11.1 Å². The fourth-order valence-electron chi connectivity index (χ4n) is 1.89. The first-order chi connectivity index (χ1) is 7.28. The van der Waals surface area contributed by atoms with Gasteiger partial charge in [-0.1, -0.05) is 0 Å². The zero-order valence-electron chi connectivity index (χ0n) is 9.21. The molecule has 1 saturated carbocycles. The average molecular weight is 245 g/mol. The monoisotopic (exact) mass is 245 g/mol. The maximum absolute atomic E-state index is 11.8. The van der Waals surface area contributed by atoms with Crippen LogP contribution in [0.1, 0.15) is 19.8 Å². The summed E-state index contributed by atoms with van der Waals surface area (Å²) in [5.41, 5.74) is -0.739. The summed E-state index contributed by atoms with van der Waals surface area (Å²) in [5.74, 6) is 0. The first kappa shape index (κ1) is 11.6. The Bertz CT molecular complexity index is 484. The van der Waals surface area contributed by atoms with Crippen LogP contribution in [0.3, 0.4) is 0 Å². The molecule has 1 aliphatic carbocycles. The largest absolute Gasteiger partial charge is 0.390 e. The number of hydrogen-bond donors (Lipinski definition) is 2. The number of hydrogen-bond acceptors (Lipinski definition) is 4. The lowest BCUT2D eigenvalue weighted by atomic mass is 9.78. The molecule has 0 radical (unpaired) electrons. The summed E-state index contributed by atoms with van der Waals surface area (Å²) in [5, 5.41) is 9.52. The minimum absolute atomic E-state index is 0.0153. The fourth-order valence-corrected chi connectivity index (χ4v) is 3.11. The van der Waals surface area contributed by atoms with E-state index in [4.69, 9.17) is 0 Å². The molecule has 0 unspecified atom stereocenters. The predicted molar refractivity (Wildman–Crippen MR) is 57.2 cm³/mol. The van der Waals surface area contributed by atoms with Crippen molar-refractivity contribution in [3.63, 3.8) is 0 Å². The van der Waals surface area contributed by atoms with Crippen molar-refractivity contribution in [1.29, 1.82) is 0 Å². The molecule has 0 bridgehead atoms. The number of aliphatic hydroxyl groups is 1. The first-order valence-electron chi connectivity index (χ1n) is 5.01. The molecule has 2 rings (SSSR count). The van der Waals surface area contributed by atoms with Gasteiger partial charge in [0.25, 0.3) is 10.0 Å². The quantitative estimate of drug-likeness (QED) is 0.759. The molecule has 1 heterocycles. The van der Waals surface area contributed by atoms with E-state index >= 15 is 0 Å². The van der Waals surface area contributed by atoms with Crippen molar-refractivity contribution in [2.75, 3.05) is 0 Å². The van der Waals surface area contributed by atoms with Crippen molar-refractivity contribution in [2.24, 2.45) is 7.05 Å². The Morgan fingerprint density at radius 1 is 1.62 bits per heavy atom. The number of nitrogens with zero attached hydrogens (tertiary/aromatic N) is 2. The normalized spacial score (nSPS) is 30.1. The summed E-state index contributed by atoms with van der Waals surface area (Å²) in [6.07, 6.45) is 3.77. The van der Waals surface area contributed by atoms with Gasteiger partial charge in [0.1, 0.15) is 0 Å². The lowest BCUT2D eigenvalue weighted by molar-refractivity contribution is -0.0329. The van der Waals surface area contributed by atoms with Crippen LogP contribution in [0.4, 0.5) is 0 Å². The molecule has 7 heteroatoms. The summed E-state index contributed by atoms with van der Waals surface area (Å²) in [7, 11) is -1.83. The van der Waals surface area contributed by atoms with Gasteiger partial charge in [-0.3, -0.25) is 0 Å². The number of aryl methyl sites for hydroxylation is 1. The third-order valence-electron chi connectivity index (χ3n) is 2.65. The van der Waals surface area contributed by atoms with E-state index in [0.29, 0.717) is 12.8 Å². The van der Waals surface area contributed by atoms with Crippen LogP contribution in [0.25, 0.3) is 0 Å². The molecule has 16 heavy (non-hydrogen) atoms. The smallest absolute Gasteiger partial charge is 0.259 e. The summed E-state index contributed by atoms with van der Waals surface area (Å²) in [6.45, 7) is 1.69. The fraction of sp³-hybridized carbons (Fsp3) is 0.667. The lowest BCUT2D eigenvalue weighted by Crippen LogP contribution is -2.53. The zero-order valence-corrected chi connectivity index (χ0v) is 10.0. The highest BCUT2D eigenvalue weighted by Crippen LogP contribution is 2.32. The Morgan fingerprint density at radius 3 is 2.69 bits per heavy atom. The van der Waals surface area contributed by atoms with E-state index < -0.39 is 15.6 Å².